The molecule has 0 aromatic carbocycles. The lowest BCUT2D eigenvalue weighted by Gasteiger charge is -2.23. The summed E-state index contributed by atoms with van der Waals surface area (Å²) in [5.41, 5.74) is 0. The Bertz CT molecular complexity index is 89.6. The van der Waals surface area contributed by atoms with Crippen molar-refractivity contribution in [2.75, 3.05) is 32.5 Å². The van der Waals surface area contributed by atoms with Crippen molar-refractivity contribution in [2.24, 2.45) is 0 Å². The van der Waals surface area contributed by atoms with E-state index < -0.39 is 0 Å². The number of hydrogen-bond acceptors (Lipinski definition) is 2. The first-order valence-electron chi connectivity index (χ1n) is 3.18. The van der Waals surface area contributed by atoms with Gasteiger partial charge in [-0.1, -0.05) is 0 Å². The van der Waals surface area contributed by atoms with E-state index in [1.165, 1.54) is 0 Å². The molecule has 3 heteroatoms. The fraction of sp³-hybridized carbons (Fsp3) is 1.00. The van der Waals surface area contributed by atoms with Gasteiger partial charge in [-0.25, -0.2) is 0 Å². The van der Waals surface area contributed by atoms with Crippen molar-refractivity contribution >= 4 is 10.9 Å². The summed E-state index contributed by atoms with van der Waals surface area (Å²) >= 11 is 0. The van der Waals surface area contributed by atoms with Gasteiger partial charge in [-0.2, -0.15) is 0 Å². The maximum atomic E-state index is 5.18. The van der Waals surface area contributed by atoms with E-state index in [0.717, 1.165) is 5.75 Å². The van der Waals surface area contributed by atoms with Gasteiger partial charge in [-0.3, -0.25) is 0 Å². The van der Waals surface area contributed by atoms with E-state index >= 15 is 0 Å². The van der Waals surface area contributed by atoms with E-state index in [4.69, 9.17) is 9.47 Å². The molecule has 0 amide bonds. The van der Waals surface area contributed by atoms with Crippen LogP contribution in [0.2, 0.25) is 0 Å². The van der Waals surface area contributed by atoms with E-state index in [2.05, 4.69) is 12.5 Å². The minimum Gasteiger partial charge on any atom is -0.349 e. The summed E-state index contributed by atoms with van der Waals surface area (Å²) in [7, 11) is 3.72. The fourth-order valence-corrected chi connectivity index (χ4v) is 2.01. The zero-order chi connectivity index (χ0) is 8.20. The van der Waals surface area contributed by atoms with Crippen LogP contribution in [0.3, 0.4) is 0 Å². The van der Waals surface area contributed by atoms with Gasteiger partial charge in [0.15, 0.2) is 5.75 Å². The van der Waals surface area contributed by atoms with Crippen LogP contribution in [-0.2, 0) is 20.4 Å². The van der Waals surface area contributed by atoms with E-state index in [9.17, 15) is 0 Å². The smallest absolute Gasteiger partial charge is 0.210 e. The fourth-order valence-electron chi connectivity index (χ4n) is 0.726. The third-order valence-electron chi connectivity index (χ3n) is 1.41. The van der Waals surface area contributed by atoms with E-state index in [-0.39, 0.29) is 5.79 Å². The van der Waals surface area contributed by atoms with Gasteiger partial charge < -0.3 is 9.47 Å². The summed E-state index contributed by atoms with van der Waals surface area (Å²) in [5.74, 6) is 0.576. The van der Waals surface area contributed by atoms with Crippen molar-refractivity contribution < 1.29 is 9.47 Å². The zero-order valence-corrected chi connectivity index (χ0v) is 8.25. The van der Waals surface area contributed by atoms with Gasteiger partial charge in [-0.15, -0.1) is 0 Å². The first-order valence-corrected chi connectivity index (χ1v) is 5.39. The molecular weight excluding hydrogens is 148 g/mol. The molecule has 0 unspecified atom stereocenters. The maximum absolute atomic E-state index is 5.18. The number of ether oxygens (including phenoxy) is 2. The molecule has 10 heavy (non-hydrogen) atoms. The van der Waals surface area contributed by atoms with Crippen LogP contribution in [0.25, 0.3) is 0 Å². The standard InChI is InChI=1S/C7H17O2S/c1-7(8-2,9-3)6-10(4)5/h6H2,1-5H3/q+1. The van der Waals surface area contributed by atoms with Gasteiger partial charge >= 0.3 is 0 Å². The summed E-state index contributed by atoms with van der Waals surface area (Å²) in [6.07, 6.45) is 4.35. The van der Waals surface area contributed by atoms with Crippen molar-refractivity contribution in [3.63, 3.8) is 0 Å². The average Bonchev–Trinajstić information content (AvgIpc) is 1.87. The Hall–Kier alpha value is 0.270. The molecule has 0 radical (unpaired) electrons. The first-order chi connectivity index (χ1) is 4.54. The van der Waals surface area contributed by atoms with Crippen LogP contribution in [0.15, 0.2) is 0 Å². The predicted molar refractivity (Wildman–Crippen MR) is 46.5 cm³/mol. The Morgan fingerprint density at radius 2 is 1.60 bits per heavy atom. The second-order valence-electron chi connectivity index (χ2n) is 2.67. The minimum absolute atomic E-state index is 0.365. The highest BCUT2D eigenvalue weighted by Gasteiger charge is 2.29. The highest BCUT2D eigenvalue weighted by molar-refractivity contribution is 7.95. The largest absolute Gasteiger partial charge is 0.349 e. The molecule has 0 spiro atoms. The Kier molecular flexibility index (Phi) is 4.32. The van der Waals surface area contributed by atoms with Crippen molar-refractivity contribution in [3.05, 3.63) is 0 Å². The van der Waals surface area contributed by atoms with Crippen LogP contribution < -0.4 is 0 Å². The summed E-state index contributed by atoms with van der Waals surface area (Å²) in [6.45, 7) is 1.96. The molecule has 0 aromatic heterocycles. The van der Waals surface area contributed by atoms with Gasteiger partial charge in [0.1, 0.15) is 0 Å². The summed E-state index contributed by atoms with van der Waals surface area (Å²) in [4.78, 5) is 0. The monoisotopic (exact) mass is 165 g/mol. The maximum Gasteiger partial charge on any atom is 0.210 e. The van der Waals surface area contributed by atoms with Crippen molar-refractivity contribution in [1.29, 1.82) is 0 Å². The molecular formula is C7H17O2S+. The second kappa shape index (κ2) is 4.21. The molecule has 0 atom stereocenters. The Morgan fingerprint density at radius 3 is 1.70 bits per heavy atom. The van der Waals surface area contributed by atoms with E-state index in [1.807, 2.05) is 6.92 Å². The quantitative estimate of drug-likeness (QED) is 0.454. The molecule has 0 fully saturated rings. The lowest BCUT2D eigenvalue weighted by molar-refractivity contribution is -0.175. The summed E-state index contributed by atoms with van der Waals surface area (Å²) in [6, 6.07) is 0. The van der Waals surface area contributed by atoms with Gasteiger partial charge in [0.2, 0.25) is 5.79 Å². The van der Waals surface area contributed by atoms with Crippen LogP contribution in [0.4, 0.5) is 0 Å². The third kappa shape index (κ3) is 3.44. The Morgan fingerprint density at radius 1 is 1.20 bits per heavy atom. The molecule has 0 bridgehead atoms. The molecule has 62 valence electrons. The zero-order valence-electron chi connectivity index (χ0n) is 7.43. The molecule has 0 aromatic rings. The van der Waals surface area contributed by atoms with Crippen LogP contribution in [-0.4, -0.2) is 38.3 Å². The molecule has 2 nitrogen and oxygen atoms in total. The van der Waals surface area contributed by atoms with Crippen LogP contribution in [0, 0.1) is 0 Å². The van der Waals surface area contributed by atoms with E-state index in [1.54, 1.807) is 14.2 Å². The SMILES string of the molecule is COC(C)(C[S+](C)C)OC. The Labute approximate surface area is 66.2 Å². The molecule has 0 heterocycles. The van der Waals surface area contributed by atoms with Gasteiger partial charge in [0, 0.05) is 14.2 Å². The average molecular weight is 165 g/mol. The molecule has 0 aliphatic heterocycles. The number of rotatable bonds is 4. The number of hydrogen-bond donors (Lipinski definition) is 0. The molecule has 0 aliphatic carbocycles. The van der Waals surface area contributed by atoms with Crippen LogP contribution in [0.1, 0.15) is 6.92 Å². The third-order valence-corrected chi connectivity index (χ3v) is 2.52. The summed E-state index contributed by atoms with van der Waals surface area (Å²) < 4.78 is 10.4. The predicted octanol–water partition coefficient (Wildman–Crippen LogP) is 0.873. The van der Waals surface area contributed by atoms with Gasteiger partial charge in [0.05, 0.1) is 12.5 Å². The molecule has 0 aliphatic rings. The first kappa shape index (κ1) is 10.3. The molecule has 0 saturated carbocycles. The van der Waals surface area contributed by atoms with Crippen molar-refractivity contribution in [3.8, 4) is 0 Å². The van der Waals surface area contributed by atoms with E-state index in [0.29, 0.717) is 10.9 Å². The lowest BCUT2D eigenvalue weighted by Crippen LogP contribution is -2.37. The normalized spacial score (nSPS) is 12.6. The van der Waals surface area contributed by atoms with Gasteiger partial charge in [0.25, 0.3) is 0 Å². The van der Waals surface area contributed by atoms with Crippen molar-refractivity contribution in [1.82, 2.24) is 0 Å². The molecule has 0 saturated heterocycles. The molecule has 0 N–H and O–H groups in total. The second-order valence-corrected chi connectivity index (χ2v) is 4.93. The summed E-state index contributed by atoms with van der Waals surface area (Å²) in [5, 5.41) is 0. The Balaban J connectivity index is 3.80. The van der Waals surface area contributed by atoms with Gasteiger partial charge in [-0.05, 0) is 17.8 Å². The highest BCUT2D eigenvalue weighted by Crippen LogP contribution is 2.11. The highest BCUT2D eigenvalue weighted by atomic mass is 32.2. The minimum atomic E-state index is -0.382. The number of methoxy groups -OCH3 is 2. The lowest BCUT2D eigenvalue weighted by atomic mass is 10.4. The topological polar surface area (TPSA) is 18.5 Å². The molecule has 0 rings (SSSR count). The van der Waals surface area contributed by atoms with Crippen molar-refractivity contribution in [2.45, 2.75) is 12.7 Å². The van der Waals surface area contributed by atoms with Crippen LogP contribution in [0.5, 0.6) is 0 Å². The van der Waals surface area contributed by atoms with Crippen LogP contribution >= 0.6 is 0 Å².